The Labute approximate surface area is 123 Å². The molecule has 0 radical (unpaired) electrons. The fourth-order valence-corrected chi connectivity index (χ4v) is 3.56. The molecule has 2 fully saturated rings. The first-order valence-electron chi connectivity index (χ1n) is 7.55. The smallest absolute Gasteiger partial charge is 0.229 e. The zero-order valence-electron chi connectivity index (χ0n) is 12.6. The number of rotatable bonds is 3. The predicted octanol–water partition coefficient (Wildman–Crippen LogP) is 2.84. The zero-order valence-corrected chi connectivity index (χ0v) is 13.4. The number of halogens is 1. The van der Waals surface area contributed by atoms with Gasteiger partial charge in [0.2, 0.25) is 5.91 Å². The van der Waals surface area contributed by atoms with Crippen molar-refractivity contribution < 1.29 is 4.79 Å². The summed E-state index contributed by atoms with van der Waals surface area (Å²) in [5, 5.41) is 3.38. The molecule has 0 aromatic heterocycles. The van der Waals surface area contributed by atoms with Crippen molar-refractivity contribution in [1.29, 1.82) is 0 Å². The number of carbonyl (C=O) groups excluding carboxylic acids is 1. The van der Waals surface area contributed by atoms with E-state index in [1.165, 1.54) is 19.3 Å². The van der Waals surface area contributed by atoms with Gasteiger partial charge in [-0.25, -0.2) is 0 Å². The maximum absolute atomic E-state index is 12.7. The molecule has 0 aliphatic carbocycles. The third-order valence-corrected chi connectivity index (χ3v) is 5.34. The molecule has 19 heavy (non-hydrogen) atoms. The summed E-state index contributed by atoms with van der Waals surface area (Å²) < 4.78 is 0. The lowest BCUT2D eigenvalue weighted by atomic mass is 9.80. The molecule has 112 valence electrons. The lowest BCUT2D eigenvalue weighted by molar-refractivity contribution is -0.141. The van der Waals surface area contributed by atoms with Crippen LogP contribution in [0.15, 0.2) is 0 Å². The lowest BCUT2D eigenvalue weighted by Crippen LogP contribution is -2.50. The molecule has 1 N–H and O–H groups in total. The van der Waals surface area contributed by atoms with Crippen molar-refractivity contribution in [3.63, 3.8) is 0 Å². The van der Waals surface area contributed by atoms with Crippen LogP contribution in [0.5, 0.6) is 0 Å². The van der Waals surface area contributed by atoms with E-state index >= 15 is 0 Å². The van der Waals surface area contributed by atoms with Crippen LogP contribution in [0.1, 0.15) is 52.9 Å². The van der Waals surface area contributed by atoms with E-state index < -0.39 is 0 Å². The largest absolute Gasteiger partial charge is 0.342 e. The number of likely N-dealkylation sites (tertiary alicyclic amines) is 1. The minimum Gasteiger partial charge on any atom is -0.342 e. The molecule has 2 aliphatic rings. The first-order valence-corrected chi connectivity index (χ1v) is 7.55. The molecule has 0 saturated carbocycles. The normalized spacial score (nSPS) is 29.9. The summed E-state index contributed by atoms with van der Waals surface area (Å²) in [6.07, 6.45) is 5.75. The Bertz CT molecular complexity index is 309. The molecule has 2 rings (SSSR count). The minimum atomic E-state index is -0.157. The van der Waals surface area contributed by atoms with Crippen LogP contribution >= 0.6 is 12.4 Å². The molecular formula is C15H29ClN2O. The number of nitrogens with zero attached hydrogens (tertiary/aromatic N) is 1. The maximum atomic E-state index is 12.7. The fraction of sp³-hybridized carbons (Fsp3) is 0.933. The molecule has 0 bridgehead atoms. The van der Waals surface area contributed by atoms with Crippen molar-refractivity contribution in [3.05, 3.63) is 0 Å². The van der Waals surface area contributed by atoms with Crippen LogP contribution in [-0.2, 0) is 4.79 Å². The van der Waals surface area contributed by atoms with Gasteiger partial charge in [-0.1, -0.05) is 13.8 Å². The monoisotopic (exact) mass is 288 g/mol. The van der Waals surface area contributed by atoms with E-state index in [4.69, 9.17) is 0 Å². The van der Waals surface area contributed by atoms with Gasteiger partial charge in [-0.3, -0.25) is 4.79 Å². The third-order valence-electron chi connectivity index (χ3n) is 5.34. The molecule has 4 heteroatoms. The van der Waals surface area contributed by atoms with Gasteiger partial charge in [0, 0.05) is 19.6 Å². The van der Waals surface area contributed by atoms with Crippen molar-refractivity contribution >= 4 is 18.3 Å². The van der Waals surface area contributed by atoms with Gasteiger partial charge in [-0.15, -0.1) is 12.4 Å². The van der Waals surface area contributed by atoms with Gasteiger partial charge in [0.25, 0.3) is 0 Å². The van der Waals surface area contributed by atoms with Crippen molar-refractivity contribution in [2.75, 3.05) is 26.2 Å². The Morgan fingerprint density at radius 3 is 2.42 bits per heavy atom. The quantitative estimate of drug-likeness (QED) is 0.866. The molecule has 0 aromatic carbocycles. The summed E-state index contributed by atoms with van der Waals surface area (Å²) in [5.41, 5.74) is 0.240. The molecule has 3 nitrogen and oxygen atoms in total. The number of nitrogens with one attached hydrogen (secondary N) is 1. The summed E-state index contributed by atoms with van der Waals surface area (Å²) in [4.78, 5) is 14.9. The molecule has 1 unspecified atom stereocenters. The van der Waals surface area contributed by atoms with Crippen molar-refractivity contribution in [3.8, 4) is 0 Å². The Hall–Kier alpha value is -0.280. The van der Waals surface area contributed by atoms with Gasteiger partial charge < -0.3 is 10.2 Å². The second kappa shape index (κ2) is 6.45. The standard InChI is InChI=1S/C15H28N2O.ClH/c1-4-15(5-2)8-10-17(12-15)13(18)14(3)7-6-9-16-11-14;/h16H,4-12H2,1-3H3;1H. The fourth-order valence-electron chi connectivity index (χ4n) is 3.56. The molecule has 1 amide bonds. The van der Waals surface area contributed by atoms with Crippen LogP contribution in [-0.4, -0.2) is 37.0 Å². The van der Waals surface area contributed by atoms with E-state index in [2.05, 4.69) is 31.0 Å². The Morgan fingerprint density at radius 1 is 1.26 bits per heavy atom. The minimum absolute atomic E-state index is 0. The van der Waals surface area contributed by atoms with E-state index in [1.807, 2.05) is 0 Å². The predicted molar refractivity (Wildman–Crippen MR) is 81.7 cm³/mol. The molecular weight excluding hydrogens is 260 g/mol. The average Bonchev–Trinajstić information content (AvgIpc) is 2.84. The third kappa shape index (κ3) is 3.25. The number of amides is 1. The molecule has 2 saturated heterocycles. The topological polar surface area (TPSA) is 32.3 Å². The maximum Gasteiger partial charge on any atom is 0.229 e. The lowest BCUT2D eigenvalue weighted by Gasteiger charge is -2.37. The molecule has 2 heterocycles. The Kier molecular flexibility index (Phi) is 5.69. The SMILES string of the molecule is CCC1(CC)CCN(C(=O)C2(C)CCCNC2)C1.Cl. The van der Waals surface area contributed by atoms with Gasteiger partial charge in [0.1, 0.15) is 0 Å². The number of hydrogen-bond acceptors (Lipinski definition) is 2. The van der Waals surface area contributed by atoms with Crippen LogP contribution in [0.25, 0.3) is 0 Å². The molecule has 0 aromatic rings. The van der Waals surface area contributed by atoms with E-state index in [9.17, 15) is 4.79 Å². The van der Waals surface area contributed by atoms with Crippen LogP contribution in [0.4, 0.5) is 0 Å². The van der Waals surface area contributed by atoms with E-state index in [0.717, 1.165) is 39.0 Å². The Balaban J connectivity index is 0.00000180. The van der Waals surface area contributed by atoms with Crippen molar-refractivity contribution in [1.82, 2.24) is 10.2 Å². The van der Waals surface area contributed by atoms with Crippen LogP contribution < -0.4 is 5.32 Å². The zero-order chi connectivity index (χ0) is 13.2. The summed E-state index contributed by atoms with van der Waals surface area (Å²) in [6.45, 7) is 10.5. The van der Waals surface area contributed by atoms with Crippen LogP contribution in [0.3, 0.4) is 0 Å². The number of carbonyl (C=O) groups is 1. The summed E-state index contributed by atoms with van der Waals surface area (Å²) in [7, 11) is 0. The second-order valence-electron chi connectivity index (χ2n) is 6.52. The first-order chi connectivity index (χ1) is 8.55. The summed E-state index contributed by atoms with van der Waals surface area (Å²) in [5.74, 6) is 0.387. The van der Waals surface area contributed by atoms with Gasteiger partial charge in [-0.05, 0) is 51.0 Å². The number of hydrogen-bond donors (Lipinski definition) is 1. The van der Waals surface area contributed by atoms with Gasteiger partial charge in [0.15, 0.2) is 0 Å². The highest BCUT2D eigenvalue weighted by Gasteiger charge is 2.43. The van der Waals surface area contributed by atoms with Crippen molar-refractivity contribution in [2.45, 2.75) is 52.9 Å². The first kappa shape index (κ1) is 16.8. The molecule has 2 aliphatic heterocycles. The summed E-state index contributed by atoms with van der Waals surface area (Å²) in [6, 6.07) is 0. The second-order valence-corrected chi connectivity index (χ2v) is 6.52. The van der Waals surface area contributed by atoms with Crippen LogP contribution in [0, 0.1) is 10.8 Å². The Morgan fingerprint density at radius 2 is 1.95 bits per heavy atom. The van der Waals surface area contributed by atoms with Gasteiger partial charge >= 0.3 is 0 Å². The molecule has 1 atom stereocenters. The highest BCUT2D eigenvalue weighted by Crippen LogP contribution is 2.39. The van der Waals surface area contributed by atoms with Gasteiger partial charge in [0.05, 0.1) is 5.41 Å². The van der Waals surface area contributed by atoms with E-state index in [-0.39, 0.29) is 17.8 Å². The van der Waals surface area contributed by atoms with Gasteiger partial charge in [-0.2, -0.15) is 0 Å². The van der Waals surface area contributed by atoms with E-state index in [0.29, 0.717) is 11.3 Å². The van der Waals surface area contributed by atoms with E-state index in [1.54, 1.807) is 0 Å². The number of piperidine rings is 1. The highest BCUT2D eigenvalue weighted by atomic mass is 35.5. The van der Waals surface area contributed by atoms with Crippen LogP contribution in [0.2, 0.25) is 0 Å². The average molecular weight is 289 g/mol. The van der Waals surface area contributed by atoms with Crippen molar-refractivity contribution in [2.24, 2.45) is 10.8 Å². The highest BCUT2D eigenvalue weighted by molar-refractivity contribution is 5.85. The molecule has 0 spiro atoms. The summed E-state index contributed by atoms with van der Waals surface area (Å²) >= 11 is 0.